The molecule has 0 saturated heterocycles. The Balaban J connectivity index is 1.79. The van der Waals surface area contributed by atoms with Crippen LogP contribution in [0.3, 0.4) is 0 Å². The highest BCUT2D eigenvalue weighted by molar-refractivity contribution is 5.94. The van der Waals surface area contributed by atoms with Crippen molar-refractivity contribution >= 4 is 29.2 Å². The van der Waals surface area contributed by atoms with Crippen molar-refractivity contribution in [1.82, 2.24) is 0 Å². The summed E-state index contributed by atoms with van der Waals surface area (Å²) in [6.45, 7) is 2.98. The molecule has 26 heavy (non-hydrogen) atoms. The third-order valence-electron chi connectivity index (χ3n) is 3.67. The lowest BCUT2D eigenvalue weighted by molar-refractivity contribution is -0.147. The topological polar surface area (TPSA) is 84.5 Å². The van der Waals surface area contributed by atoms with E-state index in [9.17, 15) is 14.4 Å². The zero-order valence-corrected chi connectivity index (χ0v) is 14.8. The van der Waals surface area contributed by atoms with Crippen LogP contribution in [0.5, 0.6) is 0 Å². The van der Waals surface area contributed by atoms with Gasteiger partial charge in [-0.1, -0.05) is 43.3 Å². The maximum Gasteiger partial charge on any atom is 0.306 e. The van der Waals surface area contributed by atoms with E-state index in [2.05, 4.69) is 10.6 Å². The van der Waals surface area contributed by atoms with Crippen LogP contribution in [0.1, 0.15) is 31.7 Å². The van der Waals surface area contributed by atoms with Gasteiger partial charge in [0.1, 0.15) is 0 Å². The lowest BCUT2D eigenvalue weighted by atomic mass is 9.98. The van der Waals surface area contributed by atoms with Gasteiger partial charge in [-0.15, -0.1) is 0 Å². The lowest BCUT2D eigenvalue weighted by Gasteiger charge is -2.12. The number of hydrogen-bond acceptors (Lipinski definition) is 4. The second kappa shape index (κ2) is 9.36. The molecular weight excluding hydrogens is 332 g/mol. The van der Waals surface area contributed by atoms with E-state index in [1.165, 1.54) is 6.92 Å². The summed E-state index contributed by atoms with van der Waals surface area (Å²) in [7, 11) is 0. The van der Waals surface area contributed by atoms with Crippen molar-refractivity contribution in [2.75, 3.05) is 17.2 Å². The molecule has 0 fully saturated rings. The molecule has 2 N–H and O–H groups in total. The van der Waals surface area contributed by atoms with Crippen LogP contribution in [0.2, 0.25) is 0 Å². The molecule has 0 aromatic heterocycles. The molecule has 0 aliphatic heterocycles. The van der Waals surface area contributed by atoms with Gasteiger partial charge in [-0.05, 0) is 29.7 Å². The zero-order valence-electron chi connectivity index (χ0n) is 14.8. The lowest BCUT2D eigenvalue weighted by Crippen LogP contribution is -2.21. The Morgan fingerprint density at radius 3 is 2.27 bits per heavy atom. The highest BCUT2D eigenvalue weighted by Gasteiger charge is 2.14. The number of anilines is 2. The van der Waals surface area contributed by atoms with E-state index in [1.54, 1.807) is 24.3 Å². The average Bonchev–Trinajstić information content (AvgIpc) is 2.60. The largest absolute Gasteiger partial charge is 0.456 e. The van der Waals surface area contributed by atoms with Crippen molar-refractivity contribution in [3.8, 4) is 0 Å². The maximum absolute atomic E-state index is 11.9. The van der Waals surface area contributed by atoms with Crippen molar-refractivity contribution in [2.45, 2.75) is 26.2 Å². The molecule has 0 aliphatic rings. The number of hydrogen-bond donors (Lipinski definition) is 2. The number of amides is 2. The summed E-state index contributed by atoms with van der Waals surface area (Å²) in [6, 6.07) is 16.4. The van der Waals surface area contributed by atoms with Crippen LogP contribution in [0, 0.1) is 0 Å². The first-order valence-electron chi connectivity index (χ1n) is 8.32. The summed E-state index contributed by atoms with van der Waals surface area (Å²) in [6.07, 6.45) is 0.204. The van der Waals surface area contributed by atoms with E-state index in [-0.39, 0.29) is 24.9 Å². The van der Waals surface area contributed by atoms with Gasteiger partial charge in [0.15, 0.2) is 6.61 Å². The number of carbonyl (C=O) groups is 3. The normalized spacial score (nSPS) is 11.3. The first kappa shape index (κ1) is 19.2. The highest BCUT2D eigenvalue weighted by atomic mass is 16.5. The van der Waals surface area contributed by atoms with E-state index in [0.29, 0.717) is 11.4 Å². The van der Waals surface area contributed by atoms with Gasteiger partial charge in [0, 0.05) is 18.3 Å². The van der Waals surface area contributed by atoms with Crippen LogP contribution in [-0.4, -0.2) is 24.4 Å². The second-order valence-electron chi connectivity index (χ2n) is 5.99. The Kier molecular flexibility index (Phi) is 6.91. The number of ether oxygens (including phenoxy) is 1. The van der Waals surface area contributed by atoms with Crippen molar-refractivity contribution in [1.29, 1.82) is 0 Å². The van der Waals surface area contributed by atoms with E-state index in [4.69, 9.17) is 4.74 Å². The minimum Gasteiger partial charge on any atom is -0.456 e. The summed E-state index contributed by atoms with van der Waals surface area (Å²) in [5.74, 6) is -1.05. The summed E-state index contributed by atoms with van der Waals surface area (Å²) < 4.78 is 5.04. The molecule has 6 nitrogen and oxygen atoms in total. The average molecular weight is 354 g/mol. The van der Waals surface area contributed by atoms with Gasteiger partial charge in [-0.3, -0.25) is 14.4 Å². The third kappa shape index (κ3) is 6.39. The molecule has 2 amide bonds. The number of esters is 1. The number of benzene rings is 2. The van der Waals surface area contributed by atoms with Crippen LogP contribution >= 0.6 is 0 Å². The van der Waals surface area contributed by atoms with E-state index in [0.717, 1.165) is 5.56 Å². The van der Waals surface area contributed by atoms with Gasteiger partial charge in [0.2, 0.25) is 5.91 Å². The predicted molar refractivity (Wildman–Crippen MR) is 99.8 cm³/mol. The van der Waals surface area contributed by atoms with Gasteiger partial charge in [-0.2, -0.15) is 0 Å². The van der Waals surface area contributed by atoms with Crippen molar-refractivity contribution in [2.24, 2.45) is 0 Å². The first-order chi connectivity index (χ1) is 12.4. The van der Waals surface area contributed by atoms with Crippen LogP contribution < -0.4 is 10.6 Å². The summed E-state index contributed by atoms with van der Waals surface area (Å²) >= 11 is 0. The van der Waals surface area contributed by atoms with Gasteiger partial charge in [-0.25, -0.2) is 0 Å². The Morgan fingerprint density at radius 1 is 0.962 bits per heavy atom. The van der Waals surface area contributed by atoms with Crippen molar-refractivity contribution in [3.05, 3.63) is 60.2 Å². The molecule has 0 aliphatic carbocycles. The standard InChI is InChI=1S/C20H22N2O4/c1-14(16-7-4-3-5-8-16)11-20(25)26-13-19(24)22-18-10-6-9-17(12-18)21-15(2)23/h3-10,12,14H,11,13H2,1-2H3,(H,21,23)(H,22,24)/t14-/m0/s1. The molecule has 0 bridgehead atoms. The molecule has 0 radical (unpaired) electrons. The zero-order chi connectivity index (χ0) is 18.9. The molecular formula is C20H22N2O4. The Morgan fingerprint density at radius 2 is 1.62 bits per heavy atom. The minimum absolute atomic E-state index is 0.0149. The summed E-state index contributed by atoms with van der Waals surface area (Å²) in [5.41, 5.74) is 2.13. The Bertz CT molecular complexity index is 774. The Labute approximate surface area is 152 Å². The molecule has 0 spiro atoms. The van der Waals surface area contributed by atoms with Gasteiger partial charge in [0.05, 0.1) is 6.42 Å². The van der Waals surface area contributed by atoms with Crippen LogP contribution in [0.4, 0.5) is 11.4 Å². The molecule has 2 rings (SSSR count). The fourth-order valence-corrected chi connectivity index (χ4v) is 2.43. The molecule has 2 aromatic carbocycles. The third-order valence-corrected chi connectivity index (χ3v) is 3.67. The van der Waals surface area contributed by atoms with E-state index in [1.807, 2.05) is 37.3 Å². The molecule has 1 atom stereocenters. The molecule has 6 heteroatoms. The fraction of sp³-hybridized carbons (Fsp3) is 0.250. The number of carbonyl (C=O) groups excluding carboxylic acids is 3. The Hall–Kier alpha value is -3.15. The monoisotopic (exact) mass is 354 g/mol. The quantitative estimate of drug-likeness (QED) is 0.747. The highest BCUT2D eigenvalue weighted by Crippen LogP contribution is 2.19. The number of nitrogens with one attached hydrogen (secondary N) is 2. The van der Waals surface area contributed by atoms with Crippen molar-refractivity contribution in [3.63, 3.8) is 0 Å². The van der Waals surface area contributed by atoms with E-state index >= 15 is 0 Å². The minimum atomic E-state index is -0.439. The second-order valence-corrected chi connectivity index (χ2v) is 5.99. The molecule has 0 heterocycles. The van der Waals surface area contributed by atoms with Crippen LogP contribution in [-0.2, 0) is 19.1 Å². The van der Waals surface area contributed by atoms with Crippen LogP contribution in [0.15, 0.2) is 54.6 Å². The fourth-order valence-electron chi connectivity index (χ4n) is 2.43. The molecule has 0 saturated carbocycles. The predicted octanol–water partition coefficient (Wildman–Crippen LogP) is 3.32. The van der Waals surface area contributed by atoms with Gasteiger partial charge >= 0.3 is 5.97 Å². The van der Waals surface area contributed by atoms with Gasteiger partial charge in [0.25, 0.3) is 5.91 Å². The molecule has 136 valence electrons. The molecule has 0 unspecified atom stereocenters. The first-order valence-corrected chi connectivity index (χ1v) is 8.32. The maximum atomic E-state index is 11.9. The van der Waals surface area contributed by atoms with Gasteiger partial charge < -0.3 is 15.4 Å². The smallest absolute Gasteiger partial charge is 0.306 e. The van der Waals surface area contributed by atoms with Crippen LogP contribution in [0.25, 0.3) is 0 Å². The summed E-state index contributed by atoms with van der Waals surface area (Å²) in [5, 5.41) is 5.26. The SMILES string of the molecule is CC(=O)Nc1cccc(NC(=O)COC(=O)C[C@H](C)c2ccccc2)c1. The summed E-state index contributed by atoms with van der Waals surface area (Å²) in [4.78, 5) is 34.9. The number of rotatable bonds is 7. The van der Waals surface area contributed by atoms with E-state index < -0.39 is 11.9 Å². The molecule has 2 aromatic rings. The van der Waals surface area contributed by atoms with Crippen molar-refractivity contribution < 1.29 is 19.1 Å².